The molecule has 33 heavy (non-hydrogen) atoms. The van der Waals surface area contributed by atoms with Crippen LogP contribution in [0.3, 0.4) is 0 Å². The number of fused-ring (bicyclic) bond motifs is 1. The number of unbranched alkanes of at least 4 members (excludes halogenated alkanes) is 2. The Kier molecular flexibility index (Phi) is 9.56. The fourth-order valence-corrected chi connectivity index (χ4v) is 5.77. The third kappa shape index (κ3) is 6.27. The number of aryl methyl sites for hydroxylation is 2. The molecule has 0 fully saturated rings. The van der Waals surface area contributed by atoms with E-state index < -0.39 is 0 Å². The largest absolute Gasteiger partial charge is 0.323 e. The lowest BCUT2D eigenvalue weighted by molar-refractivity contribution is 0.497. The van der Waals surface area contributed by atoms with E-state index in [0.29, 0.717) is 0 Å². The monoisotopic (exact) mass is 443 g/mol. The van der Waals surface area contributed by atoms with E-state index in [1.807, 2.05) is 12.2 Å². The topological polar surface area (TPSA) is 26.0 Å². The Morgan fingerprint density at radius 3 is 2.64 bits per heavy atom. The number of allylic oxidation sites excluding steroid dienone is 4. The maximum atomic E-state index is 6.63. The van der Waals surface area contributed by atoms with Crippen LogP contribution in [0.1, 0.15) is 81.0 Å². The molecule has 1 aromatic carbocycles. The molecule has 0 aromatic heterocycles. The zero-order valence-corrected chi connectivity index (χ0v) is 21.2. The second-order valence-electron chi connectivity index (χ2n) is 10.2. The van der Waals surface area contributed by atoms with Crippen LogP contribution in [0.5, 0.6) is 0 Å². The van der Waals surface area contributed by atoms with Gasteiger partial charge in [0.05, 0.1) is 0 Å². The maximum absolute atomic E-state index is 6.63. The van der Waals surface area contributed by atoms with E-state index in [-0.39, 0.29) is 12.0 Å². The molecule has 3 unspecified atom stereocenters. The minimum Gasteiger partial charge on any atom is -0.323 e. The van der Waals surface area contributed by atoms with Crippen LogP contribution in [0.4, 0.5) is 0 Å². The Labute approximate surface area is 203 Å². The molecule has 1 heteroatoms. The van der Waals surface area contributed by atoms with Gasteiger partial charge in [0.15, 0.2) is 0 Å². The summed E-state index contributed by atoms with van der Waals surface area (Å²) in [4.78, 5) is 0. The van der Waals surface area contributed by atoms with Crippen LogP contribution in [0.25, 0.3) is 0 Å². The summed E-state index contributed by atoms with van der Waals surface area (Å²) in [5.74, 6) is 0.990. The van der Waals surface area contributed by atoms with Crippen LogP contribution in [-0.4, -0.2) is 6.04 Å². The number of rotatable bonds is 12. The van der Waals surface area contributed by atoms with E-state index in [9.17, 15) is 0 Å². The van der Waals surface area contributed by atoms with Crippen molar-refractivity contribution in [2.45, 2.75) is 90.5 Å². The van der Waals surface area contributed by atoms with Gasteiger partial charge in [-0.2, -0.15) is 0 Å². The molecule has 3 atom stereocenters. The van der Waals surface area contributed by atoms with Crippen molar-refractivity contribution in [2.24, 2.45) is 17.6 Å². The van der Waals surface area contributed by atoms with Gasteiger partial charge in [-0.15, -0.1) is 6.58 Å². The predicted octanol–water partition coefficient (Wildman–Crippen LogP) is 8.00. The van der Waals surface area contributed by atoms with Gasteiger partial charge in [0.2, 0.25) is 0 Å². The summed E-state index contributed by atoms with van der Waals surface area (Å²) in [6.07, 6.45) is 21.6. The first-order valence-corrected chi connectivity index (χ1v) is 13.2. The predicted molar refractivity (Wildman–Crippen MR) is 146 cm³/mol. The summed E-state index contributed by atoms with van der Waals surface area (Å²) in [7, 11) is 0. The fourth-order valence-electron chi connectivity index (χ4n) is 5.77. The van der Waals surface area contributed by atoms with Gasteiger partial charge in [-0.25, -0.2) is 0 Å². The van der Waals surface area contributed by atoms with Crippen LogP contribution in [0.2, 0.25) is 0 Å². The van der Waals surface area contributed by atoms with Crippen molar-refractivity contribution in [3.05, 3.63) is 95.1 Å². The Hall–Kier alpha value is -2.12. The van der Waals surface area contributed by atoms with Crippen molar-refractivity contribution in [3.8, 4) is 0 Å². The number of nitrogens with two attached hydrogens (primary N) is 1. The van der Waals surface area contributed by atoms with E-state index in [1.54, 1.807) is 22.3 Å². The summed E-state index contributed by atoms with van der Waals surface area (Å²) < 4.78 is 0. The van der Waals surface area contributed by atoms with E-state index in [4.69, 9.17) is 5.73 Å². The number of hydrogen-bond donors (Lipinski definition) is 1. The van der Waals surface area contributed by atoms with Crippen LogP contribution in [-0.2, 0) is 25.7 Å². The van der Waals surface area contributed by atoms with Crippen molar-refractivity contribution in [2.75, 3.05) is 0 Å². The number of hydrogen-bond acceptors (Lipinski definition) is 1. The molecule has 0 radical (unpaired) electrons. The van der Waals surface area contributed by atoms with Crippen molar-refractivity contribution in [3.63, 3.8) is 0 Å². The van der Waals surface area contributed by atoms with Crippen molar-refractivity contribution < 1.29 is 0 Å². The third-order valence-corrected chi connectivity index (χ3v) is 7.74. The smallest absolute Gasteiger partial charge is 0.0367 e. The molecule has 178 valence electrons. The highest BCUT2D eigenvalue weighted by molar-refractivity contribution is 5.43. The minimum absolute atomic E-state index is 0.0111. The number of benzene rings is 1. The molecule has 0 saturated heterocycles. The first-order valence-electron chi connectivity index (χ1n) is 13.2. The van der Waals surface area contributed by atoms with Gasteiger partial charge in [-0.3, -0.25) is 0 Å². The first-order chi connectivity index (χ1) is 16.0. The molecule has 0 saturated carbocycles. The Balaban J connectivity index is 1.59. The Bertz CT molecular complexity index is 913. The molecular formula is C32H45N. The van der Waals surface area contributed by atoms with Gasteiger partial charge < -0.3 is 5.73 Å². The zero-order chi connectivity index (χ0) is 23.8. The van der Waals surface area contributed by atoms with Crippen LogP contribution in [0.15, 0.2) is 72.9 Å². The molecule has 2 aliphatic rings. The molecule has 1 aromatic rings. The molecule has 0 spiro atoms. The molecule has 0 heterocycles. The van der Waals surface area contributed by atoms with Gasteiger partial charge in [-0.05, 0) is 103 Å². The summed E-state index contributed by atoms with van der Waals surface area (Å²) in [5.41, 5.74) is 17.0. The lowest BCUT2D eigenvalue weighted by atomic mass is 9.78. The Morgan fingerprint density at radius 1 is 1.12 bits per heavy atom. The second kappa shape index (κ2) is 12.4. The summed E-state index contributed by atoms with van der Waals surface area (Å²) in [5, 5.41) is 0. The third-order valence-electron chi connectivity index (χ3n) is 7.74. The lowest BCUT2D eigenvalue weighted by Gasteiger charge is -2.30. The molecule has 2 N–H and O–H groups in total. The molecule has 0 bridgehead atoms. The molecular weight excluding hydrogens is 398 g/mol. The van der Waals surface area contributed by atoms with Gasteiger partial charge in [0.1, 0.15) is 0 Å². The maximum Gasteiger partial charge on any atom is 0.0367 e. The van der Waals surface area contributed by atoms with E-state index in [2.05, 4.69) is 57.9 Å². The Morgan fingerprint density at radius 2 is 1.91 bits per heavy atom. The van der Waals surface area contributed by atoms with Gasteiger partial charge in [0.25, 0.3) is 0 Å². The zero-order valence-electron chi connectivity index (χ0n) is 21.2. The highest BCUT2D eigenvalue weighted by Gasteiger charge is 2.25. The minimum atomic E-state index is -0.0111. The van der Waals surface area contributed by atoms with Crippen molar-refractivity contribution in [1.82, 2.24) is 0 Å². The molecule has 0 amide bonds. The van der Waals surface area contributed by atoms with Crippen molar-refractivity contribution >= 4 is 0 Å². The van der Waals surface area contributed by atoms with E-state index >= 15 is 0 Å². The SMILES string of the molecule is C=CCC1=C(CCCCCc2ccc3c(c2CCC)CC(C)CC3)C=CC(C(=C)C=C)C1N. The van der Waals surface area contributed by atoms with E-state index in [0.717, 1.165) is 24.3 Å². The normalized spacial score (nSPS) is 22.2. The van der Waals surface area contributed by atoms with Crippen LogP contribution in [0, 0.1) is 11.8 Å². The molecule has 2 aliphatic carbocycles. The van der Waals surface area contributed by atoms with Gasteiger partial charge >= 0.3 is 0 Å². The lowest BCUT2D eigenvalue weighted by Crippen LogP contribution is -2.34. The van der Waals surface area contributed by atoms with Gasteiger partial charge in [0, 0.05) is 12.0 Å². The standard InChI is InChI=1S/C32H45N/c1-6-12-29-25(18-19-27-17-16-23(4)22-31(27)29)14-10-9-11-15-26-20-21-28(24(5)8-3)32(33)30(26)13-7-2/h7-8,18-21,23,28,32H,2-3,5-6,9-17,22,33H2,1,4H3. The molecule has 0 aliphatic heterocycles. The highest BCUT2D eigenvalue weighted by atomic mass is 14.7. The van der Waals surface area contributed by atoms with Crippen LogP contribution < -0.4 is 5.73 Å². The second-order valence-corrected chi connectivity index (χ2v) is 10.2. The average Bonchev–Trinajstić information content (AvgIpc) is 2.81. The highest BCUT2D eigenvalue weighted by Crippen LogP contribution is 2.33. The summed E-state index contributed by atoms with van der Waals surface area (Å²) in [6.45, 7) is 16.7. The van der Waals surface area contributed by atoms with Crippen molar-refractivity contribution in [1.29, 1.82) is 0 Å². The summed E-state index contributed by atoms with van der Waals surface area (Å²) in [6, 6.07) is 4.87. The quantitative estimate of drug-likeness (QED) is 0.198. The van der Waals surface area contributed by atoms with Crippen LogP contribution >= 0.6 is 0 Å². The average molecular weight is 444 g/mol. The van der Waals surface area contributed by atoms with E-state index in [1.165, 1.54) is 68.9 Å². The summed E-state index contributed by atoms with van der Waals surface area (Å²) >= 11 is 0. The van der Waals surface area contributed by atoms with Gasteiger partial charge in [-0.1, -0.05) is 76.3 Å². The molecule has 3 rings (SSSR count). The fraction of sp³-hybridized carbons (Fsp3) is 0.500. The molecule has 1 nitrogen and oxygen atoms in total. The first kappa shape index (κ1) is 25.5.